The zero-order chi connectivity index (χ0) is 15.3. The summed E-state index contributed by atoms with van der Waals surface area (Å²) in [4.78, 5) is 29.4. The number of hydrogen-bond donors (Lipinski definition) is 3. The van der Waals surface area contributed by atoms with Crippen molar-refractivity contribution in [2.24, 2.45) is 11.7 Å². The number of rotatable bonds is 7. The third-order valence-electron chi connectivity index (χ3n) is 2.40. The quantitative estimate of drug-likeness (QED) is 0.687. The smallest absolute Gasteiger partial charge is 0.268 e. The highest BCUT2D eigenvalue weighted by Crippen LogP contribution is 2.26. The van der Waals surface area contributed by atoms with E-state index in [-0.39, 0.29) is 24.2 Å². The van der Waals surface area contributed by atoms with Gasteiger partial charge in [0.1, 0.15) is 10.7 Å². The van der Waals surface area contributed by atoms with E-state index in [9.17, 15) is 9.59 Å². The van der Waals surface area contributed by atoms with Gasteiger partial charge in [0.05, 0.1) is 6.54 Å². The minimum absolute atomic E-state index is 0.120. The summed E-state index contributed by atoms with van der Waals surface area (Å²) < 4.78 is 0. The maximum absolute atomic E-state index is 12.4. The highest BCUT2D eigenvalue weighted by molar-refractivity contribution is 7.18. The maximum Gasteiger partial charge on any atom is 0.268 e. The van der Waals surface area contributed by atoms with Crippen LogP contribution in [-0.2, 0) is 4.79 Å². The average molecular weight is 299 g/mol. The van der Waals surface area contributed by atoms with Crippen molar-refractivity contribution < 1.29 is 9.59 Å². The number of amides is 2. The first-order valence-electron chi connectivity index (χ1n) is 6.42. The Hall–Kier alpha value is -1.83. The highest BCUT2D eigenvalue weighted by Gasteiger charge is 2.24. The molecule has 2 amide bonds. The molecule has 0 spiro atoms. The Bertz CT molecular complexity index is 486. The molecule has 0 fully saturated rings. The van der Waals surface area contributed by atoms with Crippen LogP contribution in [0.2, 0.25) is 0 Å². The number of carbonyl (C=O) groups excluding carboxylic acids is 2. The number of carbonyl (C=O) groups is 2. The van der Waals surface area contributed by atoms with E-state index in [1.807, 2.05) is 20.8 Å². The Kier molecular flexibility index (Phi) is 5.75. The van der Waals surface area contributed by atoms with Crippen molar-refractivity contribution in [2.75, 3.05) is 30.7 Å². The first-order chi connectivity index (χ1) is 9.35. The van der Waals surface area contributed by atoms with Crippen LogP contribution in [0.5, 0.6) is 0 Å². The summed E-state index contributed by atoms with van der Waals surface area (Å²) in [5, 5.41) is 3.60. The average Bonchev–Trinajstić information content (AvgIpc) is 2.68. The second-order valence-electron chi connectivity index (χ2n) is 4.81. The van der Waals surface area contributed by atoms with Crippen molar-refractivity contribution in [3.8, 4) is 0 Å². The fourth-order valence-corrected chi connectivity index (χ4v) is 2.62. The largest absolute Gasteiger partial charge is 0.382 e. The molecule has 0 radical (unpaired) electrons. The predicted molar refractivity (Wildman–Crippen MR) is 80.6 cm³/mol. The zero-order valence-corrected chi connectivity index (χ0v) is 12.8. The van der Waals surface area contributed by atoms with E-state index in [0.717, 1.165) is 0 Å². The fourth-order valence-electron chi connectivity index (χ4n) is 1.70. The first-order valence-corrected chi connectivity index (χ1v) is 7.24. The van der Waals surface area contributed by atoms with Gasteiger partial charge in [-0.1, -0.05) is 25.2 Å². The number of thiazole rings is 1. The Labute approximate surface area is 122 Å². The molecule has 0 atom stereocenters. The molecular formula is C12H21N5O2S. The van der Waals surface area contributed by atoms with Crippen molar-refractivity contribution in [3.05, 3.63) is 4.88 Å². The van der Waals surface area contributed by atoms with Crippen LogP contribution in [0, 0.1) is 5.92 Å². The number of nitrogen functional groups attached to an aromatic ring is 1. The van der Waals surface area contributed by atoms with Gasteiger partial charge < -0.3 is 21.7 Å². The molecule has 0 aromatic carbocycles. The summed E-state index contributed by atoms with van der Waals surface area (Å²) >= 11 is 1.18. The van der Waals surface area contributed by atoms with Crippen LogP contribution in [0.4, 0.5) is 10.9 Å². The lowest BCUT2D eigenvalue weighted by atomic mass is 10.2. The summed E-state index contributed by atoms with van der Waals surface area (Å²) in [5.41, 5.74) is 11.0. The molecule has 7 nitrogen and oxygen atoms in total. The molecule has 0 unspecified atom stereocenters. The van der Waals surface area contributed by atoms with Crippen LogP contribution in [-0.4, -0.2) is 41.3 Å². The molecule has 0 aliphatic heterocycles. The maximum atomic E-state index is 12.4. The SMILES string of the molecule is CCNc1nc(N)c(C(=O)N(CC(N)=O)CC(C)C)s1. The van der Waals surface area contributed by atoms with E-state index in [2.05, 4.69) is 10.3 Å². The van der Waals surface area contributed by atoms with Gasteiger partial charge in [0, 0.05) is 13.1 Å². The second kappa shape index (κ2) is 7.09. The number of nitrogens with zero attached hydrogens (tertiary/aromatic N) is 2. The highest BCUT2D eigenvalue weighted by atomic mass is 32.1. The van der Waals surface area contributed by atoms with Gasteiger partial charge in [-0.2, -0.15) is 0 Å². The monoisotopic (exact) mass is 299 g/mol. The molecule has 1 rings (SSSR count). The van der Waals surface area contributed by atoms with Crippen LogP contribution in [0.25, 0.3) is 0 Å². The molecule has 20 heavy (non-hydrogen) atoms. The molecular weight excluding hydrogens is 278 g/mol. The molecule has 1 aromatic rings. The number of anilines is 2. The zero-order valence-electron chi connectivity index (χ0n) is 12.0. The summed E-state index contributed by atoms with van der Waals surface area (Å²) in [6.45, 7) is 6.86. The fraction of sp³-hybridized carbons (Fsp3) is 0.583. The number of primary amides is 1. The first kappa shape index (κ1) is 16.2. The summed E-state index contributed by atoms with van der Waals surface area (Å²) in [6, 6.07) is 0. The van der Waals surface area contributed by atoms with Gasteiger partial charge >= 0.3 is 0 Å². The van der Waals surface area contributed by atoms with E-state index >= 15 is 0 Å². The van der Waals surface area contributed by atoms with Crippen molar-refractivity contribution in [3.63, 3.8) is 0 Å². The normalized spacial score (nSPS) is 10.6. The van der Waals surface area contributed by atoms with E-state index in [1.54, 1.807) is 0 Å². The van der Waals surface area contributed by atoms with Crippen LogP contribution in [0.15, 0.2) is 0 Å². The van der Waals surface area contributed by atoms with Crippen molar-refractivity contribution in [2.45, 2.75) is 20.8 Å². The molecule has 8 heteroatoms. The van der Waals surface area contributed by atoms with E-state index in [0.29, 0.717) is 23.1 Å². The molecule has 0 saturated heterocycles. The lowest BCUT2D eigenvalue weighted by Gasteiger charge is -2.22. The number of nitrogens with one attached hydrogen (secondary N) is 1. The molecule has 5 N–H and O–H groups in total. The van der Waals surface area contributed by atoms with Gasteiger partial charge in [0.25, 0.3) is 5.91 Å². The summed E-state index contributed by atoms with van der Waals surface area (Å²) in [5.74, 6) is -0.458. The van der Waals surface area contributed by atoms with Gasteiger partial charge in [-0.3, -0.25) is 9.59 Å². The van der Waals surface area contributed by atoms with Gasteiger partial charge in [-0.15, -0.1) is 0 Å². The number of aromatic nitrogens is 1. The van der Waals surface area contributed by atoms with Crippen molar-refractivity contribution in [1.29, 1.82) is 0 Å². The van der Waals surface area contributed by atoms with Crippen LogP contribution in [0.3, 0.4) is 0 Å². The minimum atomic E-state index is -0.547. The number of hydrogen-bond acceptors (Lipinski definition) is 6. The predicted octanol–water partition coefficient (Wildman–Crippen LogP) is 0.741. The lowest BCUT2D eigenvalue weighted by Crippen LogP contribution is -2.40. The third kappa shape index (κ3) is 4.37. The second-order valence-corrected chi connectivity index (χ2v) is 5.81. The minimum Gasteiger partial charge on any atom is -0.382 e. The summed E-state index contributed by atoms with van der Waals surface area (Å²) in [7, 11) is 0. The molecule has 0 saturated carbocycles. The van der Waals surface area contributed by atoms with E-state index in [1.165, 1.54) is 16.2 Å². The Morgan fingerprint density at radius 1 is 1.45 bits per heavy atom. The summed E-state index contributed by atoms with van der Waals surface area (Å²) in [6.07, 6.45) is 0. The van der Waals surface area contributed by atoms with Crippen LogP contribution >= 0.6 is 11.3 Å². The standard InChI is InChI=1S/C12H21N5O2S/c1-4-15-12-16-10(14)9(20-12)11(19)17(5-7(2)3)6-8(13)18/h7H,4-6,14H2,1-3H3,(H2,13,18)(H,15,16). The van der Waals surface area contributed by atoms with Gasteiger partial charge in [0.2, 0.25) is 5.91 Å². The van der Waals surface area contributed by atoms with Crippen LogP contribution < -0.4 is 16.8 Å². The molecule has 1 heterocycles. The van der Waals surface area contributed by atoms with Crippen molar-refractivity contribution >= 4 is 34.1 Å². The van der Waals surface area contributed by atoms with Gasteiger partial charge in [-0.25, -0.2) is 4.98 Å². The topological polar surface area (TPSA) is 114 Å². The molecule has 0 aliphatic carbocycles. The van der Waals surface area contributed by atoms with Crippen molar-refractivity contribution in [1.82, 2.24) is 9.88 Å². The van der Waals surface area contributed by atoms with Gasteiger partial charge in [0.15, 0.2) is 5.13 Å². The van der Waals surface area contributed by atoms with Crippen LogP contribution in [0.1, 0.15) is 30.4 Å². The van der Waals surface area contributed by atoms with E-state index < -0.39 is 5.91 Å². The van der Waals surface area contributed by atoms with E-state index in [4.69, 9.17) is 11.5 Å². The molecule has 1 aromatic heterocycles. The van der Waals surface area contributed by atoms with Gasteiger partial charge in [-0.05, 0) is 12.8 Å². The Morgan fingerprint density at radius 3 is 2.60 bits per heavy atom. The third-order valence-corrected chi connectivity index (χ3v) is 3.41. The molecule has 0 aliphatic rings. The molecule has 112 valence electrons. The Balaban J connectivity index is 2.95. The molecule has 0 bridgehead atoms. The number of nitrogens with two attached hydrogens (primary N) is 2. The lowest BCUT2D eigenvalue weighted by molar-refractivity contribution is -0.118. The Morgan fingerprint density at radius 2 is 2.10 bits per heavy atom.